The van der Waals surface area contributed by atoms with Crippen molar-refractivity contribution in [1.82, 2.24) is 14.3 Å². The van der Waals surface area contributed by atoms with Gasteiger partial charge in [0.2, 0.25) is 0 Å². The van der Waals surface area contributed by atoms with Crippen molar-refractivity contribution in [2.75, 3.05) is 18.0 Å². The second-order valence-corrected chi connectivity index (χ2v) is 10.2. The number of pyridine rings is 1. The zero-order valence-corrected chi connectivity index (χ0v) is 20.7. The zero-order valence-electron chi connectivity index (χ0n) is 19.1. The van der Waals surface area contributed by atoms with E-state index in [0.29, 0.717) is 45.1 Å². The molecule has 0 saturated carbocycles. The number of aryl methyl sites for hydroxylation is 1. The number of morpholine rings is 1. The molecule has 2 aliphatic rings. The average Bonchev–Trinajstić information content (AvgIpc) is 3.39. The predicted octanol–water partition coefficient (Wildman–Crippen LogP) is 3.61. The smallest absolute Gasteiger partial charge is 0.267 e. The Kier molecular flexibility index (Phi) is 6.05. The van der Waals surface area contributed by atoms with Gasteiger partial charge in [0.25, 0.3) is 11.5 Å². The van der Waals surface area contributed by atoms with Crippen LogP contribution < -0.4 is 10.5 Å². The van der Waals surface area contributed by atoms with E-state index in [1.54, 1.807) is 30.7 Å². The van der Waals surface area contributed by atoms with E-state index in [4.69, 9.17) is 26.4 Å². The number of rotatable bonds is 4. The minimum atomic E-state index is -0.255. The van der Waals surface area contributed by atoms with Gasteiger partial charge in [0, 0.05) is 19.3 Å². The molecule has 0 spiro atoms. The molecule has 1 amide bonds. The molecular weight excluding hydrogens is 472 g/mol. The number of hydrogen-bond acceptors (Lipinski definition) is 8. The van der Waals surface area contributed by atoms with Crippen LogP contribution in [-0.2, 0) is 16.1 Å². The van der Waals surface area contributed by atoms with Gasteiger partial charge in [-0.15, -0.1) is 0 Å². The highest BCUT2D eigenvalue weighted by Gasteiger charge is 2.34. The lowest BCUT2D eigenvalue weighted by atomic mass is 10.1. The van der Waals surface area contributed by atoms with Gasteiger partial charge in [-0.3, -0.25) is 18.9 Å². The molecule has 2 unspecified atom stereocenters. The number of hydrogen-bond donors (Lipinski definition) is 0. The summed E-state index contributed by atoms with van der Waals surface area (Å²) >= 11 is 6.64. The normalized spacial score (nSPS) is 22.4. The van der Waals surface area contributed by atoms with Crippen LogP contribution in [0.5, 0.6) is 0 Å². The van der Waals surface area contributed by atoms with E-state index in [2.05, 4.69) is 4.90 Å². The van der Waals surface area contributed by atoms with E-state index >= 15 is 0 Å². The summed E-state index contributed by atoms with van der Waals surface area (Å²) in [6.45, 7) is 7.37. The third-order valence-electron chi connectivity index (χ3n) is 5.83. The van der Waals surface area contributed by atoms with Crippen molar-refractivity contribution in [3.63, 3.8) is 0 Å². The SMILES string of the molecule is Cc1cccn2c(=O)c(/C=C3\SC(=S)N(Cc4ccco4)C3=O)c(N3CC(C)OC(C)C3)nc12. The van der Waals surface area contributed by atoms with Gasteiger partial charge in [0.05, 0.1) is 35.5 Å². The van der Waals surface area contributed by atoms with E-state index in [9.17, 15) is 9.59 Å². The van der Waals surface area contributed by atoms with E-state index in [-0.39, 0.29) is 30.2 Å². The Morgan fingerprint density at radius 1 is 1.21 bits per heavy atom. The summed E-state index contributed by atoms with van der Waals surface area (Å²) in [5, 5.41) is 0. The highest BCUT2D eigenvalue weighted by Crippen LogP contribution is 2.35. The molecule has 0 N–H and O–H groups in total. The number of fused-ring (bicyclic) bond motifs is 1. The molecule has 2 saturated heterocycles. The van der Waals surface area contributed by atoms with Gasteiger partial charge in [-0.05, 0) is 50.6 Å². The van der Waals surface area contributed by atoms with Gasteiger partial charge in [0.15, 0.2) is 0 Å². The number of carbonyl (C=O) groups excluding carboxylic acids is 1. The Bertz CT molecular complexity index is 1360. The minimum Gasteiger partial charge on any atom is -0.467 e. The highest BCUT2D eigenvalue weighted by molar-refractivity contribution is 8.26. The third-order valence-corrected chi connectivity index (χ3v) is 7.20. The molecule has 2 aliphatic heterocycles. The molecule has 2 fully saturated rings. The third kappa shape index (κ3) is 4.17. The monoisotopic (exact) mass is 496 g/mol. The zero-order chi connectivity index (χ0) is 24.0. The lowest BCUT2D eigenvalue weighted by Crippen LogP contribution is -2.46. The largest absolute Gasteiger partial charge is 0.467 e. The second-order valence-electron chi connectivity index (χ2n) is 8.55. The first-order valence-corrected chi connectivity index (χ1v) is 12.2. The summed E-state index contributed by atoms with van der Waals surface area (Å²) in [6, 6.07) is 7.30. The molecule has 0 radical (unpaired) electrons. The molecule has 176 valence electrons. The van der Waals surface area contributed by atoms with Gasteiger partial charge in [-0.2, -0.15) is 0 Å². The molecular formula is C24H24N4O4S2. The molecule has 10 heteroatoms. The number of aromatic nitrogens is 2. The number of thiocarbonyl (C=S) groups is 1. The molecule has 2 atom stereocenters. The van der Waals surface area contributed by atoms with Gasteiger partial charge in [0.1, 0.15) is 21.5 Å². The fraction of sp³-hybridized carbons (Fsp3) is 0.333. The van der Waals surface area contributed by atoms with E-state index in [1.165, 1.54) is 21.1 Å². The lowest BCUT2D eigenvalue weighted by Gasteiger charge is -2.36. The van der Waals surface area contributed by atoms with Crippen molar-refractivity contribution >= 4 is 51.7 Å². The molecule has 34 heavy (non-hydrogen) atoms. The van der Waals surface area contributed by atoms with Crippen molar-refractivity contribution < 1.29 is 13.9 Å². The van der Waals surface area contributed by atoms with Crippen LogP contribution in [0.3, 0.4) is 0 Å². The van der Waals surface area contributed by atoms with E-state index in [0.717, 1.165) is 5.56 Å². The van der Waals surface area contributed by atoms with Crippen molar-refractivity contribution in [2.45, 2.75) is 39.5 Å². The van der Waals surface area contributed by atoms with Crippen LogP contribution in [0, 0.1) is 6.92 Å². The van der Waals surface area contributed by atoms with Gasteiger partial charge >= 0.3 is 0 Å². The number of ether oxygens (including phenoxy) is 1. The van der Waals surface area contributed by atoms with Crippen LogP contribution in [0.4, 0.5) is 5.82 Å². The first-order chi connectivity index (χ1) is 16.3. The molecule has 8 nitrogen and oxygen atoms in total. The van der Waals surface area contributed by atoms with Crippen LogP contribution in [0.2, 0.25) is 0 Å². The summed E-state index contributed by atoms with van der Waals surface area (Å²) in [5.74, 6) is 0.935. The Balaban J connectivity index is 1.61. The Morgan fingerprint density at radius 3 is 2.68 bits per heavy atom. The van der Waals surface area contributed by atoms with Gasteiger partial charge < -0.3 is 14.1 Å². The molecule has 5 heterocycles. The summed E-state index contributed by atoms with van der Waals surface area (Å²) in [4.78, 5) is 35.7. The maximum Gasteiger partial charge on any atom is 0.267 e. The maximum atomic E-state index is 13.7. The Hall–Kier alpha value is -2.95. The lowest BCUT2D eigenvalue weighted by molar-refractivity contribution is -0.122. The number of furan rings is 1. The highest BCUT2D eigenvalue weighted by atomic mass is 32.2. The number of anilines is 1. The van der Waals surface area contributed by atoms with Crippen LogP contribution in [-0.4, -0.2) is 49.8 Å². The van der Waals surface area contributed by atoms with E-state index < -0.39 is 0 Å². The number of amides is 1. The standard InChI is InChI=1S/C24H24N4O4S2/c1-14-6-4-8-27-20(14)25-21(26-11-15(2)32-16(3)12-26)18(22(27)29)10-19-23(30)28(24(33)34-19)13-17-7-5-9-31-17/h4-10,15-16H,11-13H2,1-3H3/b19-10-. The van der Waals surface area contributed by atoms with Crippen LogP contribution in [0.25, 0.3) is 11.7 Å². The second kappa shape index (κ2) is 9.01. The van der Waals surface area contributed by atoms with Gasteiger partial charge in [-0.25, -0.2) is 4.98 Å². The number of thioether (sulfide) groups is 1. The average molecular weight is 497 g/mol. The van der Waals surface area contributed by atoms with E-state index in [1.807, 2.05) is 32.9 Å². The quantitative estimate of drug-likeness (QED) is 0.400. The Morgan fingerprint density at radius 2 is 1.97 bits per heavy atom. The molecule has 3 aromatic rings. The van der Waals surface area contributed by atoms with Crippen LogP contribution in [0.1, 0.15) is 30.7 Å². The summed E-state index contributed by atoms with van der Waals surface area (Å²) in [7, 11) is 0. The van der Waals surface area contributed by atoms with Gasteiger partial charge in [-0.1, -0.05) is 30.0 Å². The Labute approximate surface area is 206 Å². The predicted molar refractivity (Wildman–Crippen MR) is 136 cm³/mol. The maximum absolute atomic E-state index is 13.7. The van der Waals surface area contributed by atoms with Crippen LogP contribution in [0.15, 0.2) is 50.8 Å². The fourth-order valence-corrected chi connectivity index (χ4v) is 5.58. The first-order valence-electron chi connectivity index (χ1n) is 11.0. The summed E-state index contributed by atoms with van der Waals surface area (Å²) in [5.41, 5.74) is 1.62. The molecule has 3 aromatic heterocycles. The molecule has 5 rings (SSSR count). The first kappa shape index (κ1) is 22.8. The number of carbonyl (C=O) groups is 1. The van der Waals surface area contributed by atoms with Crippen LogP contribution >= 0.6 is 24.0 Å². The number of nitrogens with zero attached hydrogens (tertiary/aromatic N) is 4. The van der Waals surface area contributed by atoms with Crippen molar-refractivity contribution in [3.05, 3.63) is 68.9 Å². The topological polar surface area (TPSA) is 80.3 Å². The molecule has 0 aliphatic carbocycles. The summed E-state index contributed by atoms with van der Waals surface area (Å²) in [6.07, 6.45) is 4.86. The van der Waals surface area contributed by atoms with Crippen molar-refractivity contribution in [3.8, 4) is 0 Å². The minimum absolute atomic E-state index is 0.0137. The van der Waals surface area contributed by atoms with Crippen molar-refractivity contribution in [2.24, 2.45) is 0 Å². The summed E-state index contributed by atoms with van der Waals surface area (Å²) < 4.78 is 13.2. The molecule has 0 bridgehead atoms. The van der Waals surface area contributed by atoms with Crippen molar-refractivity contribution in [1.29, 1.82) is 0 Å². The fourth-order valence-electron chi connectivity index (χ4n) is 4.34. The molecule has 0 aromatic carbocycles.